The van der Waals surface area contributed by atoms with Gasteiger partial charge in [0, 0.05) is 16.6 Å². The summed E-state index contributed by atoms with van der Waals surface area (Å²) in [6.07, 6.45) is 0. The first-order chi connectivity index (χ1) is 13.5. The molecule has 0 bridgehead atoms. The standard InChI is InChI=1S/C20H19NO6S/c1-13(22)12-28-18-5-3-2-4-15(18)20(24)27-11-19(23)21-14-6-7-16-17(10-14)26-9-8-25-16/h2-7,10H,8-9,11-12H2,1H3,(H,21,23). The Hall–Kier alpha value is -3.00. The van der Waals surface area contributed by atoms with E-state index in [2.05, 4.69) is 5.32 Å². The molecular weight excluding hydrogens is 382 g/mol. The van der Waals surface area contributed by atoms with Crippen LogP contribution in [0.5, 0.6) is 11.5 Å². The highest BCUT2D eigenvalue weighted by atomic mass is 32.2. The van der Waals surface area contributed by atoms with Gasteiger partial charge in [0.25, 0.3) is 5.91 Å². The van der Waals surface area contributed by atoms with Gasteiger partial charge >= 0.3 is 5.97 Å². The first-order valence-corrected chi connectivity index (χ1v) is 9.59. The summed E-state index contributed by atoms with van der Waals surface area (Å²) in [5, 5.41) is 2.65. The average Bonchev–Trinajstić information content (AvgIpc) is 2.70. The molecule has 2 aromatic carbocycles. The van der Waals surface area contributed by atoms with Crippen molar-refractivity contribution in [1.29, 1.82) is 0 Å². The van der Waals surface area contributed by atoms with Gasteiger partial charge in [0.05, 0.1) is 11.3 Å². The minimum absolute atomic E-state index is 0.00646. The van der Waals surface area contributed by atoms with Gasteiger partial charge in [-0.2, -0.15) is 0 Å². The lowest BCUT2D eigenvalue weighted by Gasteiger charge is -2.19. The Morgan fingerprint density at radius 1 is 1.07 bits per heavy atom. The van der Waals surface area contributed by atoms with Crippen molar-refractivity contribution >= 4 is 35.1 Å². The van der Waals surface area contributed by atoms with Crippen molar-refractivity contribution in [2.24, 2.45) is 0 Å². The molecule has 0 saturated carbocycles. The van der Waals surface area contributed by atoms with E-state index in [1.54, 1.807) is 42.5 Å². The number of fused-ring (bicyclic) bond motifs is 1. The second-order valence-corrected chi connectivity index (χ2v) is 6.99. The minimum atomic E-state index is -0.621. The van der Waals surface area contributed by atoms with Crippen LogP contribution in [0.3, 0.4) is 0 Å². The Morgan fingerprint density at radius 3 is 2.61 bits per heavy atom. The summed E-state index contributed by atoms with van der Waals surface area (Å²) < 4.78 is 16.0. The van der Waals surface area contributed by atoms with Crippen LogP contribution < -0.4 is 14.8 Å². The quantitative estimate of drug-likeness (QED) is 0.563. The number of ether oxygens (including phenoxy) is 3. The SMILES string of the molecule is CC(=O)CSc1ccccc1C(=O)OCC(=O)Nc1ccc2c(c1)OCCO2. The van der Waals surface area contributed by atoms with Crippen LogP contribution in [0.4, 0.5) is 5.69 Å². The minimum Gasteiger partial charge on any atom is -0.486 e. The molecule has 1 aliphatic heterocycles. The topological polar surface area (TPSA) is 90.9 Å². The second-order valence-electron chi connectivity index (χ2n) is 5.97. The predicted molar refractivity (Wildman–Crippen MR) is 104 cm³/mol. The Balaban J connectivity index is 1.56. The van der Waals surface area contributed by atoms with Crippen molar-refractivity contribution in [3.05, 3.63) is 48.0 Å². The third-order valence-corrected chi connectivity index (χ3v) is 4.92. The molecule has 2 aromatic rings. The van der Waals surface area contributed by atoms with Crippen molar-refractivity contribution in [2.75, 3.05) is 30.9 Å². The molecule has 0 unspecified atom stereocenters. The zero-order valence-electron chi connectivity index (χ0n) is 15.2. The molecule has 0 spiro atoms. The number of esters is 1. The van der Waals surface area contributed by atoms with Crippen LogP contribution in [0.2, 0.25) is 0 Å². The molecule has 0 saturated heterocycles. The molecule has 0 fully saturated rings. The molecule has 1 aliphatic rings. The third-order valence-electron chi connectivity index (χ3n) is 3.70. The lowest BCUT2D eigenvalue weighted by atomic mass is 10.2. The van der Waals surface area contributed by atoms with Crippen molar-refractivity contribution in [3.8, 4) is 11.5 Å². The number of anilines is 1. The summed E-state index contributed by atoms with van der Waals surface area (Å²) in [6, 6.07) is 11.8. The van der Waals surface area contributed by atoms with Crippen LogP contribution in [0.25, 0.3) is 0 Å². The van der Waals surface area contributed by atoms with E-state index in [1.807, 2.05) is 0 Å². The molecule has 0 aromatic heterocycles. The molecule has 7 nitrogen and oxygen atoms in total. The van der Waals surface area contributed by atoms with E-state index in [-0.39, 0.29) is 11.5 Å². The van der Waals surface area contributed by atoms with Gasteiger partial charge in [0.15, 0.2) is 18.1 Å². The number of thioether (sulfide) groups is 1. The van der Waals surface area contributed by atoms with Gasteiger partial charge in [-0.05, 0) is 31.2 Å². The smallest absolute Gasteiger partial charge is 0.339 e. The van der Waals surface area contributed by atoms with Crippen LogP contribution >= 0.6 is 11.8 Å². The molecule has 1 heterocycles. The van der Waals surface area contributed by atoms with E-state index in [0.29, 0.717) is 40.9 Å². The normalized spacial score (nSPS) is 12.2. The Morgan fingerprint density at radius 2 is 1.82 bits per heavy atom. The number of nitrogens with one attached hydrogen (secondary N) is 1. The van der Waals surface area contributed by atoms with E-state index in [4.69, 9.17) is 14.2 Å². The van der Waals surface area contributed by atoms with Gasteiger partial charge in [0.2, 0.25) is 0 Å². The van der Waals surface area contributed by atoms with Gasteiger partial charge in [-0.15, -0.1) is 11.8 Å². The second kappa shape index (κ2) is 9.27. The number of hydrogen-bond donors (Lipinski definition) is 1. The molecule has 0 aliphatic carbocycles. The third kappa shape index (κ3) is 5.26. The van der Waals surface area contributed by atoms with Crippen molar-refractivity contribution < 1.29 is 28.6 Å². The summed E-state index contributed by atoms with van der Waals surface area (Å²) in [5.74, 6) is 0.345. The average molecular weight is 401 g/mol. The van der Waals surface area contributed by atoms with E-state index in [1.165, 1.54) is 18.7 Å². The van der Waals surface area contributed by atoms with Crippen LogP contribution in [-0.4, -0.2) is 43.2 Å². The maximum Gasteiger partial charge on any atom is 0.339 e. The highest BCUT2D eigenvalue weighted by Gasteiger charge is 2.16. The van der Waals surface area contributed by atoms with Crippen LogP contribution in [-0.2, 0) is 14.3 Å². The van der Waals surface area contributed by atoms with Crippen molar-refractivity contribution in [2.45, 2.75) is 11.8 Å². The van der Waals surface area contributed by atoms with Gasteiger partial charge < -0.3 is 19.5 Å². The molecule has 0 atom stereocenters. The molecule has 146 valence electrons. The number of amides is 1. The molecule has 8 heteroatoms. The molecule has 28 heavy (non-hydrogen) atoms. The van der Waals surface area contributed by atoms with E-state index >= 15 is 0 Å². The zero-order valence-corrected chi connectivity index (χ0v) is 16.0. The number of carbonyl (C=O) groups excluding carboxylic acids is 3. The number of carbonyl (C=O) groups is 3. The fraction of sp³-hybridized carbons (Fsp3) is 0.250. The Labute approximate surface area is 166 Å². The maximum atomic E-state index is 12.3. The monoisotopic (exact) mass is 401 g/mol. The van der Waals surface area contributed by atoms with Crippen LogP contribution in [0.15, 0.2) is 47.4 Å². The Kier molecular flexibility index (Phi) is 6.54. The van der Waals surface area contributed by atoms with Crippen molar-refractivity contribution in [3.63, 3.8) is 0 Å². The summed E-state index contributed by atoms with van der Waals surface area (Å²) >= 11 is 1.26. The fourth-order valence-corrected chi connectivity index (χ4v) is 3.31. The van der Waals surface area contributed by atoms with Gasteiger partial charge in [-0.1, -0.05) is 12.1 Å². The summed E-state index contributed by atoms with van der Waals surface area (Å²) in [4.78, 5) is 36.2. The van der Waals surface area contributed by atoms with Crippen LogP contribution in [0, 0.1) is 0 Å². The molecule has 1 amide bonds. The highest BCUT2D eigenvalue weighted by molar-refractivity contribution is 8.00. The first-order valence-electron chi connectivity index (χ1n) is 8.61. The van der Waals surface area contributed by atoms with Gasteiger partial charge in [0.1, 0.15) is 19.0 Å². The first kappa shape index (κ1) is 19.8. The van der Waals surface area contributed by atoms with Gasteiger partial charge in [-0.3, -0.25) is 9.59 Å². The van der Waals surface area contributed by atoms with E-state index < -0.39 is 18.5 Å². The Bertz CT molecular complexity index is 898. The number of Topliss-reactive ketones (excluding diaryl/α,β-unsaturated/α-hetero) is 1. The number of benzene rings is 2. The number of hydrogen-bond acceptors (Lipinski definition) is 7. The molecular formula is C20H19NO6S. The maximum absolute atomic E-state index is 12.3. The van der Waals surface area contributed by atoms with Crippen LogP contribution in [0.1, 0.15) is 17.3 Å². The lowest BCUT2D eigenvalue weighted by molar-refractivity contribution is -0.119. The number of ketones is 1. The largest absolute Gasteiger partial charge is 0.486 e. The predicted octanol–water partition coefficient (Wildman–Crippen LogP) is 2.93. The van der Waals surface area contributed by atoms with E-state index in [9.17, 15) is 14.4 Å². The van der Waals surface area contributed by atoms with Gasteiger partial charge in [-0.25, -0.2) is 4.79 Å². The molecule has 1 N–H and O–H groups in total. The highest BCUT2D eigenvalue weighted by Crippen LogP contribution is 2.32. The van der Waals surface area contributed by atoms with E-state index in [0.717, 1.165) is 0 Å². The lowest BCUT2D eigenvalue weighted by Crippen LogP contribution is -2.21. The number of rotatable bonds is 7. The van der Waals surface area contributed by atoms with Crippen molar-refractivity contribution in [1.82, 2.24) is 0 Å². The molecule has 0 radical (unpaired) electrons. The summed E-state index contributed by atoms with van der Waals surface area (Å²) in [5.41, 5.74) is 0.837. The molecule has 3 rings (SSSR count). The summed E-state index contributed by atoms with van der Waals surface area (Å²) in [6.45, 7) is 1.99. The summed E-state index contributed by atoms with van der Waals surface area (Å²) in [7, 11) is 0. The fourth-order valence-electron chi connectivity index (χ4n) is 2.47. The zero-order chi connectivity index (χ0) is 19.9.